The minimum atomic E-state index is 0. The zero-order valence-corrected chi connectivity index (χ0v) is 10.3. The van der Waals surface area contributed by atoms with E-state index in [-0.39, 0.29) is 64.9 Å². The molecule has 0 unspecified atom stereocenters. The number of methoxy groups -OCH3 is 1. The molecule has 68 valence electrons. The summed E-state index contributed by atoms with van der Waals surface area (Å²) in [4.78, 5) is 0. The minimum Gasteiger partial charge on any atom is -1.00 e. The van der Waals surface area contributed by atoms with Crippen LogP contribution < -0.4 is 29.6 Å². The fourth-order valence-electron chi connectivity index (χ4n) is 0.508. The van der Waals surface area contributed by atoms with E-state index < -0.39 is 0 Å². The Kier molecular flexibility index (Phi) is 27.7. The molecule has 0 heterocycles. The molecule has 0 saturated carbocycles. The normalized spacial score (nSPS) is 5.75. The van der Waals surface area contributed by atoms with Crippen LogP contribution in [0.15, 0.2) is 24.3 Å². The van der Waals surface area contributed by atoms with Crippen LogP contribution in [0.3, 0.4) is 0 Å². The van der Waals surface area contributed by atoms with Gasteiger partial charge in [-0.25, -0.2) is 0 Å². The second kappa shape index (κ2) is 14.4. The van der Waals surface area contributed by atoms with Crippen LogP contribution in [-0.4, -0.2) is 30.2 Å². The first-order valence-electron chi connectivity index (χ1n) is 2.43. The predicted molar refractivity (Wildman–Crippen MR) is 37.6 cm³/mol. The number of benzene rings is 1. The molecule has 1 rings (SSSR count). The molecule has 1 aromatic carbocycles. The maximum atomic E-state index is 4.89. The van der Waals surface area contributed by atoms with Gasteiger partial charge < -0.3 is 29.6 Å². The largest absolute Gasteiger partial charge is 2.00 e. The van der Waals surface area contributed by atoms with E-state index in [1.807, 2.05) is 24.3 Å². The Balaban J connectivity index is -0.0000000800. The SMILES string of the molecule is COc1cc[c-]cc1.[Cl-].[Cl-].[Cu+].[Mg+2]. The van der Waals surface area contributed by atoms with E-state index in [1.54, 1.807) is 7.11 Å². The zero-order valence-electron chi connectivity index (χ0n) is 6.48. The van der Waals surface area contributed by atoms with Crippen molar-refractivity contribution in [3.63, 3.8) is 0 Å². The van der Waals surface area contributed by atoms with Gasteiger partial charge in [0.2, 0.25) is 0 Å². The number of halogens is 2. The van der Waals surface area contributed by atoms with Gasteiger partial charge >= 0.3 is 40.1 Å². The molecule has 0 spiro atoms. The van der Waals surface area contributed by atoms with E-state index in [1.165, 1.54) is 0 Å². The van der Waals surface area contributed by atoms with Gasteiger partial charge in [0.05, 0.1) is 7.11 Å². The van der Waals surface area contributed by atoms with Crippen LogP contribution in [0.4, 0.5) is 0 Å². The molecule has 12 heavy (non-hydrogen) atoms. The molecule has 0 aliphatic rings. The molecular formula is C7H7Cl2CuMgO. The third-order valence-electron chi connectivity index (χ3n) is 0.923. The van der Waals surface area contributed by atoms with Crippen LogP contribution in [0.25, 0.3) is 0 Å². The molecular weight excluding hydrogens is 259 g/mol. The van der Waals surface area contributed by atoms with E-state index in [4.69, 9.17) is 4.74 Å². The maximum absolute atomic E-state index is 4.89. The second-order valence-electron chi connectivity index (χ2n) is 1.44. The van der Waals surface area contributed by atoms with Gasteiger partial charge in [0, 0.05) is 5.75 Å². The van der Waals surface area contributed by atoms with E-state index in [0.29, 0.717) is 0 Å². The van der Waals surface area contributed by atoms with Crippen LogP contribution in [0, 0.1) is 6.07 Å². The number of rotatable bonds is 1. The first-order valence-corrected chi connectivity index (χ1v) is 2.43. The van der Waals surface area contributed by atoms with Crippen LogP contribution in [0.1, 0.15) is 0 Å². The molecule has 0 amide bonds. The molecule has 0 aliphatic heterocycles. The fourth-order valence-corrected chi connectivity index (χ4v) is 0.508. The quantitative estimate of drug-likeness (QED) is 0.366. The van der Waals surface area contributed by atoms with Gasteiger partial charge in [-0.1, -0.05) is 0 Å². The summed E-state index contributed by atoms with van der Waals surface area (Å²) < 4.78 is 4.89. The Labute approximate surface area is 112 Å². The molecule has 0 aromatic heterocycles. The van der Waals surface area contributed by atoms with Crippen LogP contribution in [-0.2, 0) is 17.1 Å². The molecule has 0 saturated heterocycles. The van der Waals surface area contributed by atoms with Gasteiger partial charge in [-0.15, -0.1) is 12.1 Å². The van der Waals surface area contributed by atoms with Crippen molar-refractivity contribution in [3.8, 4) is 5.75 Å². The van der Waals surface area contributed by atoms with E-state index in [9.17, 15) is 0 Å². The van der Waals surface area contributed by atoms with Gasteiger partial charge in [-0.3, -0.25) is 0 Å². The minimum absolute atomic E-state index is 0. The first kappa shape index (κ1) is 23.1. The Morgan fingerprint density at radius 3 is 1.83 bits per heavy atom. The number of ether oxygens (including phenoxy) is 1. The van der Waals surface area contributed by atoms with Crippen molar-refractivity contribution in [2.45, 2.75) is 0 Å². The van der Waals surface area contributed by atoms with E-state index in [0.717, 1.165) is 5.75 Å². The summed E-state index contributed by atoms with van der Waals surface area (Å²) in [6, 6.07) is 10.2. The molecule has 0 N–H and O–H groups in total. The molecule has 5 heteroatoms. The summed E-state index contributed by atoms with van der Waals surface area (Å²) in [5.41, 5.74) is 0. The summed E-state index contributed by atoms with van der Waals surface area (Å²) in [6.45, 7) is 0. The summed E-state index contributed by atoms with van der Waals surface area (Å²) in [6.07, 6.45) is 0. The molecule has 0 fully saturated rings. The molecule has 1 nitrogen and oxygen atoms in total. The van der Waals surface area contributed by atoms with Crippen molar-refractivity contribution >= 4 is 23.1 Å². The number of hydrogen-bond donors (Lipinski definition) is 0. The Hall–Kier alpha value is 0.886. The summed E-state index contributed by atoms with van der Waals surface area (Å²) in [5, 5.41) is 0. The van der Waals surface area contributed by atoms with Crippen LogP contribution >= 0.6 is 0 Å². The molecule has 0 aliphatic carbocycles. The Morgan fingerprint density at radius 1 is 1.17 bits per heavy atom. The van der Waals surface area contributed by atoms with E-state index >= 15 is 0 Å². The number of hydrogen-bond acceptors (Lipinski definition) is 1. The topological polar surface area (TPSA) is 9.23 Å². The molecule has 0 bridgehead atoms. The molecule has 0 radical (unpaired) electrons. The van der Waals surface area contributed by atoms with Gasteiger partial charge in [0.25, 0.3) is 0 Å². The average Bonchev–Trinajstić information content (AvgIpc) is 1.90. The second-order valence-corrected chi connectivity index (χ2v) is 1.44. The maximum Gasteiger partial charge on any atom is 2.00 e. The van der Waals surface area contributed by atoms with Crippen molar-refractivity contribution in [2.75, 3.05) is 7.11 Å². The van der Waals surface area contributed by atoms with Crippen molar-refractivity contribution in [1.29, 1.82) is 0 Å². The Bertz CT molecular complexity index is 163. The molecule has 1 aromatic rings. The third-order valence-corrected chi connectivity index (χ3v) is 0.923. The third kappa shape index (κ3) is 8.98. The predicted octanol–water partition coefficient (Wildman–Crippen LogP) is -4.88. The summed E-state index contributed by atoms with van der Waals surface area (Å²) >= 11 is 0. The zero-order chi connectivity index (χ0) is 5.82. The van der Waals surface area contributed by atoms with Crippen LogP contribution in [0.2, 0.25) is 0 Å². The smallest absolute Gasteiger partial charge is 1.00 e. The summed E-state index contributed by atoms with van der Waals surface area (Å²) in [5.74, 6) is 0.878. The average molecular weight is 266 g/mol. The van der Waals surface area contributed by atoms with Crippen molar-refractivity contribution in [1.82, 2.24) is 0 Å². The van der Waals surface area contributed by atoms with Gasteiger partial charge in [0.15, 0.2) is 0 Å². The van der Waals surface area contributed by atoms with Crippen LogP contribution in [0.5, 0.6) is 5.75 Å². The van der Waals surface area contributed by atoms with Crippen molar-refractivity contribution < 1.29 is 46.6 Å². The Morgan fingerprint density at radius 2 is 1.58 bits per heavy atom. The van der Waals surface area contributed by atoms with Crippen molar-refractivity contribution in [2.24, 2.45) is 0 Å². The fraction of sp³-hybridized carbons (Fsp3) is 0.143. The monoisotopic (exact) mass is 264 g/mol. The molecule has 0 atom stereocenters. The standard InChI is InChI=1S/C7H7O.2ClH.Cu.Mg/c1-8-7-5-3-2-4-6-7;;;;/h3-6H,1H3;2*1H;;/q-1;;;+1;+2/p-2. The van der Waals surface area contributed by atoms with E-state index in [2.05, 4.69) is 6.07 Å². The van der Waals surface area contributed by atoms with Gasteiger partial charge in [-0.05, 0) is 0 Å². The van der Waals surface area contributed by atoms with Gasteiger partial charge in [0.1, 0.15) is 0 Å². The first-order chi connectivity index (χ1) is 3.93. The summed E-state index contributed by atoms with van der Waals surface area (Å²) in [7, 11) is 1.65. The van der Waals surface area contributed by atoms with Crippen molar-refractivity contribution in [3.05, 3.63) is 30.3 Å². The van der Waals surface area contributed by atoms with Gasteiger partial charge in [-0.2, -0.15) is 18.2 Å².